The maximum atomic E-state index is 6.51. The highest BCUT2D eigenvalue weighted by Crippen LogP contribution is 2.50. The molecule has 0 amide bonds. The lowest BCUT2D eigenvalue weighted by molar-refractivity contribution is -0.0189. The summed E-state index contributed by atoms with van der Waals surface area (Å²) in [6, 6.07) is 20.2. The highest BCUT2D eigenvalue weighted by Gasteiger charge is 2.42. The smallest absolute Gasteiger partial charge is 0.213 e. The average Bonchev–Trinajstić information content (AvgIpc) is 3.14. The van der Waals surface area contributed by atoms with Crippen LogP contribution < -0.4 is 4.74 Å². The highest BCUT2D eigenvalue weighted by molar-refractivity contribution is 9.10. The quantitative estimate of drug-likeness (QED) is 0.378. The molecule has 146 valence electrons. The minimum absolute atomic E-state index is 0.0138. The first-order valence-corrected chi connectivity index (χ1v) is 10.9. The van der Waals surface area contributed by atoms with Gasteiger partial charge in [0.2, 0.25) is 6.23 Å². The molecule has 3 nitrogen and oxygen atoms in total. The van der Waals surface area contributed by atoms with Crippen LogP contribution in [0.25, 0.3) is 0 Å². The Morgan fingerprint density at radius 1 is 1.03 bits per heavy atom. The summed E-state index contributed by atoms with van der Waals surface area (Å²) in [5.41, 5.74) is 5.37. The van der Waals surface area contributed by atoms with E-state index in [0.29, 0.717) is 15.8 Å². The minimum atomic E-state index is -0.359. The number of fused-ring (bicyclic) bond motifs is 3. The number of rotatable bonds is 2. The first-order chi connectivity index (χ1) is 14.0. The first-order valence-electron chi connectivity index (χ1n) is 9.33. The molecule has 0 saturated heterocycles. The zero-order valence-electron chi connectivity index (χ0n) is 15.6. The van der Waals surface area contributed by atoms with E-state index in [1.165, 1.54) is 5.56 Å². The van der Waals surface area contributed by atoms with Gasteiger partial charge in [0.05, 0.1) is 16.8 Å². The van der Waals surface area contributed by atoms with Gasteiger partial charge in [-0.3, -0.25) is 0 Å². The van der Waals surface area contributed by atoms with Crippen molar-refractivity contribution < 1.29 is 4.74 Å². The Labute approximate surface area is 188 Å². The molecule has 0 spiro atoms. The molecular weight excluding hydrogens is 471 g/mol. The van der Waals surface area contributed by atoms with Gasteiger partial charge in [-0.2, -0.15) is 5.10 Å². The van der Waals surface area contributed by atoms with Gasteiger partial charge >= 0.3 is 0 Å². The van der Waals surface area contributed by atoms with Gasteiger partial charge in [-0.25, -0.2) is 5.01 Å². The Morgan fingerprint density at radius 3 is 2.48 bits per heavy atom. The standard InChI is InChI=1S/C23H17BrCl2N2O/c1-13-2-4-14(5-3-13)20-12-21-18-10-17(25)11-19(26)22(18)29-23(28(21)27-20)15-6-8-16(24)9-7-15/h2-11,21,23H,12H2,1H3/t21-,23-/m1/s1. The van der Waals surface area contributed by atoms with Crippen LogP contribution in [0.1, 0.15) is 40.9 Å². The molecule has 0 aliphatic carbocycles. The van der Waals surface area contributed by atoms with Crippen molar-refractivity contribution in [2.75, 3.05) is 0 Å². The van der Waals surface area contributed by atoms with E-state index in [0.717, 1.165) is 33.3 Å². The third-order valence-corrected chi connectivity index (χ3v) is 6.38. The Kier molecular flexibility index (Phi) is 4.81. The van der Waals surface area contributed by atoms with Gasteiger partial charge < -0.3 is 4.74 Å². The van der Waals surface area contributed by atoms with E-state index in [-0.39, 0.29) is 12.3 Å². The summed E-state index contributed by atoms with van der Waals surface area (Å²) in [6.07, 6.45) is 0.408. The molecule has 0 radical (unpaired) electrons. The molecule has 6 heteroatoms. The summed E-state index contributed by atoms with van der Waals surface area (Å²) >= 11 is 16.3. The van der Waals surface area contributed by atoms with Crippen LogP contribution in [-0.4, -0.2) is 10.7 Å². The Balaban J connectivity index is 1.62. The Morgan fingerprint density at radius 2 is 1.76 bits per heavy atom. The fraction of sp³-hybridized carbons (Fsp3) is 0.174. The van der Waals surface area contributed by atoms with Gasteiger partial charge in [0.25, 0.3) is 0 Å². The Bertz CT molecular complexity index is 1110. The number of hydrazone groups is 1. The van der Waals surface area contributed by atoms with Crippen LogP contribution in [0.4, 0.5) is 0 Å². The van der Waals surface area contributed by atoms with Crippen molar-refractivity contribution in [1.82, 2.24) is 5.01 Å². The van der Waals surface area contributed by atoms with Gasteiger partial charge in [-0.15, -0.1) is 0 Å². The molecule has 0 saturated carbocycles. The van der Waals surface area contributed by atoms with Crippen molar-refractivity contribution in [3.8, 4) is 5.75 Å². The van der Waals surface area contributed by atoms with Gasteiger partial charge in [-0.1, -0.05) is 81.1 Å². The topological polar surface area (TPSA) is 24.8 Å². The number of halogens is 3. The van der Waals surface area contributed by atoms with E-state index < -0.39 is 0 Å². The molecule has 0 unspecified atom stereocenters. The van der Waals surface area contributed by atoms with Crippen molar-refractivity contribution in [2.45, 2.75) is 25.6 Å². The van der Waals surface area contributed by atoms with Crippen molar-refractivity contribution in [1.29, 1.82) is 0 Å². The van der Waals surface area contributed by atoms with Crippen LogP contribution in [0.15, 0.2) is 70.2 Å². The number of ether oxygens (including phenoxy) is 1. The number of hydrogen-bond acceptors (Lipinski definition) is 3. The minimum Gasteiger partial charge on any atom is -0.463 e. The van der Waals surface area contributed by atoms with Gasteiger partial charge in [0, 0.05) is 27.0 Å². The number of aryl methyl sites for hydroxylation is 1. The van der Waals surface area contributed by atoms with E-state index in [1.54, 1.807) is 6.07 Å². The second kappa shape index (κ2) is 7.35. The summed E-state index contributed by atoms with van der Waals surface area (Å²) in [5.74, 6) is 0.686. The lowest BCUT2D eigenvalue weighted by Gasteiger charge is -2.38. The van der Waals surface area contributed by atoms with Crippen LogP contribution in [0.5, 0.6) is 5.75 Å². The van der Waals surface area contributed by atoms with E-state index in [4.69, 9.17) is 33.0 Å². The van der Waals surface area contributed by atoms with Gasteiger partial charge in [-0.05, 0) is 36.8 Å². The summed E-state index contributed by atoms with van der Waals surface area (Å²) in [6.45, 7) is 2.08. The number of nitrogens with zero attached hydrogens (tertiary/aromatic N) is 2. The Hall–Kier alpha value is -2.01. The largest absolute Gasteiger partial charge is 0.463 e. The van der Waals surface area contributed by atoms with Gasteiger partial charge in [0.1, 0.15) is 5.75 Å². The predicted octanol–water partition coefficient (Wildman–Crippen LogP) is 7.31. The van der Waals surface area contributed by atoms with E-state index in [9.17, 15) is 0 Å². The normalized spacial score (nSPS) is 20.0. The summed E-state index contributed by atoms with van der Waals surface area (Å²) < 4.78 is 7.39. The lowest BCUT2D eigenvalue weighted by Crippen LogP contribution is -2.33. The molecule has 2 aliphatic rings. The van der Waals surface area contributed by atoms with E-state index >= 15 is 0 Å². The van der Waals surface area contributed by atoms with Crippen LogP contribution in [0.3, 0.4) is 0 Å². The van der Waals surface area contributed by atoms with Crippen molar-refractivity contribution >= 4 is 44.8 Å². The molecule has 0 bridgehead atoms. The molecule has 2 aliphatic heterocycles. The fourth-order valence-electron chi connectivity index (χ4n) is 3.88. The first kappa shape index (κ1) is 19.0. The highest BCUT2D eigenvalue weighted by atomic mass is 79.9. The molecule has 0 N–H and O–H groups in total. The molecule has 3 aromatic carbocycles. The molecule has 3 aromatic rings. The van der Waals surface area contributed by atoms with Crippen LogP contribution in [0.2, 0.25) is 10.0 Å². The molecule has 0 aromatic heterocycles. The van der Waals surface area contributed by atoms with Gasteiger partial charge in [0.15, 0.2) is 0 Å². The van der Waals surface area contributed by atoms with Crippen molar-refractivity contribution in [2.24, 2.45) is 5.10 Å². The molecular formula is C23H17BrCl2N2O. The zero-order valence-corrected chi connectivity index (χ0v) is 18.7. The summed E-state index contributed by atoms with van der Waals surface area (Å²) in [7, 11) is 0. The third-order valence-electron chi connectivity index (χ3n) is 5.35. The van der Waals surface area contributed by atoms with Crippen LogP contribution >= 0.6 is 39.1 Å². The maximum absolute atomic E-state index is 6.51. The molecule has 5 rings (SSSR count). The van der Waals surface area contributed by atoms with Crippen LogP contribution in [0, 0.1) is 6.92 Å². The fourth-order valence-corrected chi connectivity index (χ4v) is 4.70. The van der Waals surface area contributed by atoms with E-state index in [2.05, 4.69) is 47.1 Å². The van der Waals surface area contributed by atoms with Crippen LogP contribution in [-0.2, 0) is 0 Å². The van der Waals surface area contributed by atoms with Crippen molar-refractivity contribution in [3.05, 3.63) is 97.4 Å². The third kappa shape index (κ3) is 3.43. The monoisotopic (exact) mass is 486 g/mol. The summed E-state index contributed by atoms with van der Waals surface area (Å²) in [4.78, 5) is 0. The zero-order chi connectivity index (χ0) is 20.1. The second-order valence-corrected chi connectivity index (χ2v) is 9.10. The van der Waals surface area contributed by atoms with E-state index in [1.807, 2.05) is 35.3 Å². The predicted molar refractivity (Wildman–Crippen MR) is 121 cm³/mol. The SMILES string of the molecule is Cc1ccc(C2=NN3[C@H](C2)c2cc(Cl)cc(Cl)c2O[C@@H]3c2ccc(Br)cc2)cc1. The van der Waals surface area contributed by atoms with Crippen molar-refractivity contribution in [3.63, 3.8) is 0 Å². The maximum Gasteiger partial charge on any atom is 0.213 e. The molecule has 0 fully saturated rings. The molecule has 2 heterocycles. The second-order valence-electron chi connectivity index (χ2n) is 7.34. The molecule has 29 heavy (non-hydrogen) atoms. The number of hydrogen-bond donors (Lipinski definition) is 0. The average molecular weight is 488 g/mol. The summed E-state index contributed by atoms with van der Waals surface area (Å²) in [5, 5.41) is 8.14. The number of benzene rings is 3. The molecule has 2 atom stereocenters. The lowest BCUT2D eigenvalue weighted by atomic mass is 9.95.